The highest BCUT2D eigenvalue weighted by molar-refractivity contribution is 6.18. The van der Waals surface area contributed by atoms with Gasteiger partial charge in [0.2, 0.25) is 0 Å². The van der Waals surface area contributed by atoms with Crippen LogP contribution in [0.25, 0.3) is 38.1 Å². The summed E-state index contributed by atoms with van der Waals surface area (Å²) in [7, 11) is 0. The molecule has 2 heteroatoms. The van der Waals surface area contributed by atoms with E-state index in [-0.39, 0.29) is 0 Å². The van der Waals surface area contributed by atoms with E-state index in [9.17, 15) is 0 Å². The van der Waals surface area contributed by atoms with Gasteiger partial charge in [-0.15, -0.1) is 0 Å². The third-order valence-corrected chi connectivity index (χ3v) is 5.65. The monoisotopic (exact) mass is 338 g/mol. The van der Waals surface area contributed by atoms with Gasteiger partial charge in [-0.3, -0.25) is 4.40 Å². The van der Waals surface area contributed by atoms with Crippen molar-refractivity contribution in [3.05, 3.63) is 71.5 Å². The SMILES string of the molecule is Cc1ccc2cc3c(c(C)c2c1)c1cc(C(C)C)ccc1n1ccnc31. The summed E-state index contributed by atoms with van der Waals surface area (Å²) in [6.45, 7) is 8.93. The van der Waals surface area contributed by atoms with Crippen molar-refractivity contribution in [1.82, 2.24) is 9.38 Å². The molecular formula is C24H22N2. The van der Waals surface area contributed by atoms with E-state index in [2.05, 4.69) is 85.7 Å². The second-order valence-corrected chi connectivity index (χ2v) is 7.70. The van der Waals surface area contributed by atoms with E-state index >= 15 is 0 Å². The van der Waals surface area contributed by atoms with Gasteiger partial charge in [0.1, 0.15) is 5.65 Å². The molecule has 2 nitrogen and oxygen atoms in total. The minimum Gasteiger partial charge on any atom is -0.299 e. The van der Waals surface area contributed by atoms with E-state index < -0.39 is 0 Å². The Kier molecular flexibility index (Phi) is 3.14. The van der Waals surface area contributed by atoms with Gasteiger partial charge in [0.05, 0.1) is 5.52 Å². The van der Waals surface area contributed by atoms with Crippen molar-refractivity contribution in [3.63, 3.8) is 0 Å². The molecule has 0 saturated heterocycles. The van der Waals surface area contributed by atoms with Gasteiger partial charge in [-0.1, -0.05) is 43.7 Å². The van der Waals surface area contributed by atoms with E-state index in [0.29, 0.717) is 5.92 Å². The molecule has 0 atom stereocenters. The van der Waals surface area contributed by atoms with Crippen LogP contribution in [0.2, 0.25) is 0 Å². The summed E-state index contributed by atoms with van der Waals surface area (Å²) < 4.78 is 2.22. The van der Waals surface area contributed by atoms with E-state index in [1.54, 1.807) is 0 Å². The number of benzene rings is 3. The first-order valence-corrected chi connectivity index (χ1v) is 9.27. The van der Waals surface area contributed by atoms with Gasteiger partial charge in [-0.25, -0.2) is 4.98 Å². The molecular weight excluding hydrogens is 316 g/mol. The molecule has 0 N–H and O–H groups in total. The highest BCUT2D eigenvalue weighted by atomic mass is 15.0. The zero-order valence-corrected chi connectivity index (χ0v) is 15.7. The lowest BCUT2D eigenvalue weighted by atomic mass is 9.92. The summed E-state index contributed by atoms with van der Waals surface area (Å²) in [6, 6.07) is 15.9. The van der Waals surface area contributed by atoms with Crippen molar-refractivity contribution >= 4 is 38.1 Å². The third-order valence-electron chi connectivity index (χ3n) is 5.65. The Morgan fingerprint density at radius 1 is 0.885 bits per heavy atom. The maximum absolute atomic E-state index is 4.68. The Balaban J connectivity index is 2.11. The number of hydrogen-bond donors (Lipinski definition) is 0. The summed E-state index contributed by atoms with van der Waals surface area (Å²) in [5.41, 5.74) is 6.29. The van der Waals surface area contributed by atoms with Crippen molar-refractivity contribution in [1.29, 1.82) is 0 Å². The largest absolute Gasteiger partial charge is 0.299 e. The summed E-state index contributed by atoms with van der Waals surface area (Å²) in [5, 5.41) is 6.50. The lowest BCUT2D eigenvalue weighted by Gasteiger charge is -2.15. The highest BCUT2D eigenvalue weighted by Gasteiger charge is 2.14. The molecule has 5 rings (SSSR count). The molecule has 0 saturated carbocycles. The Labute approximate surface area is 153 Å². The minimum absolute atomic E-state index is 0.510. The predicted octanol–water partition coefficient (Wildman–Crippen LogP) is 6.53. The highest BCUT2D eigenvalue weighted by Crippen LogP contribution is 2.37. The molecule has 0 aliphatic heterocycles. The quantitative estimate of drug-likeness (QED) is 0.251. The fraction of sp³-hybridized carbons (Fsp3) is 0.208. The van der Waals surface area contributed by atoms with Crippen LogP contribution >= 0.6 is 0 Å². The average Bonchev–Trinajstić information content (AvgIpc) is 3.12. The van der Waals surface area contributed by atoms with Crippen LogP contribution in [0, 0.1) is 13.8 Å². The number of nitrogens with zero attached hydrogens (tertiary/aromatic N) is 2. The van der Waals surface area contributed by atoms with Crippen LogP contribution in [0.3, 0.4) is 0 Å². The van der Waals surface area contributed by atoms with Gasteiger partial charge in [0.25, 0.3) is 0 Å². The summed E-state index contributed by atoms with van der Waals surface area (Å²) in [5.74, 6) is 0.510. The van der Waals surface area contributed by atoms with Crippen molar-refractivity contribution in [2.24, 2.45) is 0 Å². The number of imidazole rings is 1. The molecule has 3 aromatic carbocycles. The van der Waals surface area contributed by atoms with Gasteiger partial charge >= 0.3 is 0 Å². The van der Waals surface area contributed by atoms with Crippen molar-refractivity contribution in [3.8, 4) is 0 Å². The molecule has 0 bridgehead atoms. The summed E-state index contributed by atoms with van der Waals surface area (Å²) >= 11 is 0. The molecule has 0 unspecified atom stereocenters. The minimum atomic E-state index is 0.510. The molecule has 0 radical (unpaired) electrons. The van der Waals surface area contributed by atoms with Crippen LogP contribution in [0.4, 0.5) is 0 Å². The Hall–Kier alpha value is -2.87. The molecule has 2 heterocycles. The fourth-order valence-corrected chi connectivity index (χ4v) is 4.23. The summed E-state index contributed by atoms with van der Waals surface area (Å²) in [6.07, 6.45) is 3.97. The lowest BCUT2D eigenvalue weighted by Crippen LogP contribution is -1.95. The molecule has 2 aromatic heterocycles. The van der Waals surface area contributed by atoms with Crippen molar-refractivity contribution in [2.75, 3.05) is 0 Å². The maximum atomic E-state index is 4.68. The average molecular weight is 338 g/mol. The van der Waals surface area contributed by atoms with Gasteiger partial charge in [-0.2, -0.15) is 0 Å². The van der Waals surface area contributed by atoms with Crippen LogP contribution in [-0.4, -0.2) is 9.38 Å². The predicted molar refractivity (Wildman–Crippen MR) is 111 cm³/mol. The van der Waals surface area contributed by atoms with Crippen molar-refractivity contribution in [2.45, 2.75) is 33.6 Å². The Bertz CT molecular complexity index is 1320. The van der Waals surface area contributed by atoms with Crippen LogP contribution in [0.1, 0.15) is 36.5 Å². The third kappa shape index (κ3) is 2.02. The van der Waals surface area contributed by atoms with E-state index in [1.807, 2.05) is 6.20 Å². The summed E-state index contributed by atoms with van der Waals surface area (Å²) in [4.78, 5) is 4.68. The first-order valence-electron chi connectivity index (χ1n) is 9.27. The van der Waals surface area contributed by atoms with Gasteiger partial charge < -0.3 is 0 Å². The number of fused-ring (bicyclic) bond motifs is 7. The van der Waals surface area contributed by atoms with Crippen LogP contribution in [0.15, 0.2) is 54.9 Å². The van der Waals surface area contributed by atoms with Crippen LogP contribution in [-0.2, 0) is 0 Å². The second kappa shape index (κ2) is 5.31. The standard InChI is InChI=1S/C24H22N2/c1-14(2)17-7-8-22-20(12-17)23-16(4)19-11-15(3)5-6-18(19)13-21(23)24-25-9-10-26(22)24/h5-14H,1-4H3. The smallest absolute Gasteiger partial charge is 0.145 e. The van der Waals surface area contributed by atoms with E-state index in [0.717, 1.165) is 5.65 Å². The second-order valence-electron chi connectivity index (χ2n) is 7.70. The molecule has 0 spiro atoms. The molecule has 0 amide bonds. The maximum Gasteiger partial charge on any atom is 0.145 e. The van der Waals surface area contributed by atoms with Gasteiger partial charge in [0, 0.05) is 23.2 Å². The molecule has 5 aromatic rings. The molecule has 0 fully saturated rings. The fourth-order valence-electron chi connectivity index (χ4n) is 4.23. The van der Waals surface area contributed by atoms with Crippen molar-refractivity contribution < 1.29 is 0 Å². The first kappa shape index (κ1) is 15.4. The van der Waals surface area contributed by atoms with Gasteiger partial charge in [0.15, 0.2) is 0 Å². The molecule has 0 aliphatic rings. The molecule has 0 aliphatic carbocycles. The van der Waals surface area contributed by atoms with Crippen LogP contribution < -0.4 is 0 Å². The number of hydrogen-bond acceptors (Lipinski definition) is 1. The van der Waals surface area contributed by atoms with E-state index in [4.69, 9.17) is 0 Å². The van der Waals surface area contributed by atoms with Gasteiger partial charge in [-0.05, 0) is 65.3 Å². The molecule has 26 heavy (non-hydrogen) atoms. The molecule has 128 valence electrons. The van der Waals surface area contributed by atoms with Crippen LogP contribution in [0.5, 0.6) is 0 Å². The lowest BCUT2D eigenvalue weighted by molar-refractivity contribution is 0.868. The number of aromatic nitrogens is 2. The Morgan fingerprint density at radius 2 is 1.73 bits per heavy atom. The Morgan fingerprint density at radius 3 is 2.54 bits per heavy atom. The van der Waals surface area contributed by atoms with E-state index in [1.165, 1.54) is 49.1 Å². The first-order chi connectivity index (χ1) is 12.5. The normalized spacial score (nSPS) is 12.2. The topological polar surface area (TPSA) is 17.3 Å². The zero-order chi connectivity index (χ0) is 18.0. The number of aryl methyl sites for hydroxylation is 2. The number of rotatable bonds is 1. The number of pyridine rings is 1. The zero-order valence-electron chi connectivity index (χ0n) is 15.7.